The molecular weight excluding hydrogens is 813 g/mol. The molecule has 0 aromatic carbocycles. The van der Waals surface area contributed by atoms with Crippen LogP contribution in [0.25, 0.3) is 0 Å². The summed E-state index contributed by atoms with van der Waals surface area (Å²) in [5.41, 5.74) is 0. The lowest BCUT2D eigenvalue weighted by Gasteiger charge is -2.40. The molecule has 4 N–H and O–H groups in total. The first kappa shape index (κ1) is 56.8. The number of carbonyl (C=O) groups excluding carboxylic acids is 2. The van der Waals surface area contributed by atoms with E-state index in [4.69, 9.17) is 18.9 Å². The van der Waals surface area contributed by atoms with Crippen molar-refractivity contribution < 1.29 is 56.8 Å². The highest BCUT2D eigenvalue weighted by molar-refractivity contribution is 7.85. The molecule has 6 atom stereocenters. The van der Waals surface area contributed by atoms with E-state index in [2.05, 4.69) is 98.9 Å². The quantitative estimate of drug-likeness (QED) is 0.0152. The predicted molar refractivity (Wildman–Crippen MR) is 247 cm³/mol. The fraction of sp³-hybridized carbons (Fsp3) is 0.673. The van der Waals surface area contributed by atoms with Crippen LogP contribution in [0.2, 0.25) is 0 Å². The van der Waals surface area contributed by atoms with Crippen LogP contribution in [0.4, 0.5) is 0 Å². The molecule has 0 saturated carbocycles. The number of aliphatic hydroxyl groups is 3. The zero-order chi connectivity index (χ0) is 45.5. The summed E-state index contributed by atoms with van der Waals surface area (Å²) in [5.74, 6) is -2.06. The summed E-state index contributed by atoms with van der Waals surface area (Å²) in [5, 5.41) is 30.9. The van der Waals surface area contributed by atoms with Crippen molar-refractivity contribution in [1.29, 1.82) is 0 Å². The van der Waals surface area contributed by atoms with E-state index in [0.717, 1.165) is 89.9 Å². The summed E-state index contributed by atoms with van der Waals surface area (Å²) in [6.45, 7) is 3.57. The summed E-state index contributed by atoms with van der Waals surface area (Å²) in [4.78, 5) is 25.4. The molecule has 0 spiro atoms. The van der Waals surface area contributed by atoms with E-state index in [1.165, 1.54) is 25.7 Å². The number of hydrogen-bond donors (Lipinski definition) is 4. The second-order valence-electron chi connectivity index (χ2n) is 15.7. The smallest absolute Gasteiger partial charge is 0.306 e. The SMILES string of the molecule is CC/C=C/C/C=C/C/C=C/C/C=C/C/C=C/CCCCCC(=O)O[C@H](COC(=O)CCCCCCC/C=C/C=C/CCCCCC)CO[C@H]1O[C@H](CS(=O)(=O)O)[C@@H](O)C(O)C1O. The Morgan fingerprint density at radius 3 is 1.63 bits per heavy atom. The average molecular weight is 893 g/mol. The molecule has 2 unspecified atom stereocenters. The molecule has 1 fully saturated rings. The zero-order valence-electron chi connectivity index (χ0n) is 37.7. The maximum Gasteiger partial charge on any atom is 0.306 e. The van der Waals surface area contributed by atoms with Gasteiger partial charge in [0.15, 0.2) is 12.4 Å². The Balaban J connectivity index is 2.49. The van der Waals surface area contributed by atoms with Gasteiger partial charge in [-0.1, -0.05) is 144 Å². The van der Waals surface area contributed by atoms with Crippen LogP contribution in [-0.4, -0.2) is 96.0 Å². The minimum absolute atomic E-state index is 0.117. The topological polar surface area (TPSA) is 186 Å². The maximum absolute atomic E-state index is 12.8. The molecule has 0 aliphatic carbocycles. The molecule has 1 aliphatic rings. The van der Waals surface area contributed by atoms with E-state index >= 15 is 0 Å². The van der Waals surface area contributed by atoms with Crippen LogP contribution in [0, 0.1) is 0 Å². The van der Waals surface area contributed by atoms with Crippen molar-refractivity contribution in [3.63, 3.8) is 0 Å². The highest BCUT2D eigenvalue weighted by Gasteiger charge is 2.46. The summed E-state index contributed by atoms with van der Waals surface area (Å²) in [6.07, 6.45) is 40.5. The third kappa shape index (κ3) is 32.5. The number of hydrogen-bond acceptors (Lipinski definition) is 11. The van der Waals surface area contributed by atoms with Crippen molar-refractivity contribution in [2.75, 3.05) is 19.0 Å². The Bertz CT molecular complexity index is 1460. The van der Waals surface area contributed by atoms with Crippen LogP contribution in [0.15, 0.2) is 85.1 Å². The van der Waals surface area contributed by atoms with Gasteiger partial charge in [-0.15, -0.1) is 0 Å². The molecule has 13 heteroatoms. The van der Waals surface area contributed by atoms with Crippen LogP contribution in [0.3, 0.4) is 0 Å². The third-order valence-electron chi connectivity index (χ3n) is 9.99. The summed E-state index contributed by atoms with van der Waals surface area (Å²) >= 11 is 0. The lowest BCUT2D eigenvalue weighted by atomic mass is 10.00. The first-order valence-corrected chi connectivity index (χ1v) is 24.8. The number of unbranched alkanes of at least 4 members (excludes halogenated alkanes) is 12. The van der Waals surface area contributed by atoms with Gasteiger partial charge in [0.2, 0.25) is 0 Å². The van der Waals surface area contributed by atoms with Gasteiger partial charge in [0.1, 0.15) is 36.8 Å². The van der Waals surface area contributed by atoms with Gasteiger partial charge in [-0.05, 0) is 83.5 Å². The minimum atomic E-state index is -4.61. The third-order valence-corrected chi connectivity index (χ3v) is 10.7. The van der Waals surface area contributed by atoms with Gasteiger partial charge in [-0.3, -0.25) is 14.1 Å². The molecule has 1 aliphatic heterocycles. The molecule has 0 amide bonds. The van der Waals surface area contributed by atoms with Crippen LogP contribution < -0.4 is 0 Å². The monoisotopic (exact) mass is 893 g/mol. The Kier molecular flexibility index (Phi) is 35.1. The molecule has 0 aromatic heterocycles. The Hall–Kier alpha value is -3.17. The standard InChI is InChI=1S/C49H80O12S/c1-3-5-7-9-11-13-15-17-19-20-21-22-24-26-28-30-32-34-36-38-45(51)60-42(40-59-49-48(54)47(53)46(52)43(61-49)41-62(55,56)57)39-58-44(50)37-35-33-31-29-27-25-23-18-16-14-12-10-8-6-4-2/h5,7,11,13-14,16-19,21-23,26,28,42-43,46-49,52-54H,3-4,6,8-10,12,15,20,24-25,27,29-41H2,1-2H3,(H,55,56,57)/b7-5+,13-11+,16-14+,19-17+,22-21+,23-18+,28-26+/t42-,43-,46-,47?,48?,49+/m1/s1. The van der Waals surface area contributed by atoms with Crippen LogP contribution in [0.1, 0.15) is 155 Å². The number of carbonyl (C=O) groups is 2. The second-order valence-corrected chi connectivity index (χ2v) is 17.2. The Morgan fingerprint density at radius 1 is 0.581 bits per heavy atom. The van der Waals surface area contributed by atoms with Gasteiger partial charge < -0.3 is 34.3 Å². The second kappa shape index (κ2) is 38.3. The van der Waals surface area contributed by atoms with Crippen molar-refractivity contribution in [3.05, 3.63) is 85.1 Å². The number of rotatable bonds is 37. The lowest BCUT2D eigenvalue weighted by molar-refractivity contribution is -0.297. The molecule has 12 nitrogen and oxygen atoms in total. The van der Waals surface area contributed by atoms with Gasteiger partial charge >= 0.3 is 11.9 Å². The van der Waals surface area contributed by atoms with E-state index in [0.29, 0.717) is 12.8 Å². The van der Waals surface area contributed by atoms with E-state index < -0.39 is 71.2 Å². The van der Waals surface area contributed by atoms with Crippen LogP contribution >= 0.6 is 0 Å². The molecule has 0 bridgehead atoms. The van der Waals surface area contributed by atoms with Crippen molar-refractivity contribution in [2.24, 2.45) is 0 Å². The summed E-state index contributed by atoms with van der Waals surface area (Å²) in [7, 11) is -4.61. The molecule has 1 saturated heterocycles. The minimum Gasteiger partial charge on any atom is -0.462 e. The van der Waals surface area contributed by atoms with Crippen molar-refractivity contribution in [3.8, 4) is 0 Å². The Morgan fingerprint density at radius 2 is 1.06 bits per heavy atom. The predicted octanol–water partition coefficient (Wildman–Crippen LogP) is 9.67. The fourth-order valence-corrected chi connectivity index (χ4v) is 7.09. The fourth-order valence-electron chi connectivity index (χ4n) is 6.40. The van der Waals surface area contributed by atoms with Crippen molar-refractivity contribution >= 4 is 22.1 Å². The molecule has 0 radical (unpaired) electrons. The maximum atomic E-state index is 12.8. The van der Waals surface area contributed by atoms with E-state index in [-0.39, 0.29) is 19.4 Å². The van der Waals surface area contributed by atoms with E-state index in [1.54, 1.807) is 0 Å². The Labute approximate surface area is 373 Å². The first-order chi connectivity index (χ1) is 30.0. The number of esters is 2. The molecule has 0 aromatic rings. The number of ether oxygens (including phenoxy) is 4. The van der Waals surface area contributed by atoms with Gasteiger partial charge in [0.05, 0.1) is 6.61 Å². The summed E-state index contributed by atoms with van der Waals surface area (Å²) < 4.78 is 54.0. The van der Waals surface area contributed by atoms with Gasteiger partial charge in [0, 0.05) is 12.8 Å². The average Bonchev–Trinajstić information content (AvgIpc) is 3.24. The molecule has 354 valence electrons. The van der Waals surface area contributed by atoms with Crippen molar-refractivity contribution in [2.45, 2.75) is 192 Å². The van der Waals surface area contributed by atoms with Crippen LogP contribution in [0.5, 0.6) is 0 Å². The summed E-state index contributed by atoms with van der Waals surface area (Å²) in [6, 6.07) is 0. The van der Waals surface area contributed by atoms with Crippen molar-refractivity contribution in [1.82, 2.24) is 0 Å². The van der Waals surface area contributed by atoms with Gasteiger partial charge in [-0.2, -0.15) is 8.42 Å². The number of allylic oxidation sites excluding steroid dienone is 14. The normalized spacial score (nSPS) is 20.6. The van der Waals surface area contributed by atoms with E-state index in [9.17, 15) is 37.9 Å². The highest BCUT2D eigenvalue weighted by atomic mass is 32.2. The highest BCUT2D eigenvalue weighted by Crippen LogP contribution is 2.24. The number of aliphatic hydroxyl groups excluding tert-OH is 3. The first-order valence-electron chi connectivity index (χ1n) is 23.2. The van der Waals surface area contributed by atoms with Gasteiger partial charge in [0.25, 0.3) is 10.1 Å². The molecule has 1 rings (SSSR count). The lowest BCUT2D eigenvalue weighted by Crippen LogP contribution is -2.60. The molecule has 62 heavy (non-hydrogen) atoms. The van der Waals surface area contributed by atoms with E-state index in [1.807, 2.05) is 0 Å². The van der Waals surface area contributed by atoms with Crippen LogP contribution in [-0.2, 0) is 38.7 Å². The molecular formula is C49H80O12S. The largest absolute Gasteiger partial charge is 0.462 e. The molecule has 1 heterocycles. The zero-order valence-corrected chi connectivity index (χ0v) is 38.5. The van der Waals surface area contributed by atoms with Gasteiger partial charge in [-0.25, -0.2) is 0 Å².